The van der Waals surface area contributed by atoms with E-state index in [-0.39, 0.29) is 13.2 Å². The highest BCUT2D eigenvalue weighted by Crippen LogP contribution is 2.40. The molecule has 1 aliphatic rings. The summed E-state index contributed by atoms with van der Waals surface area (Å²) in [5.74, 6) is 0.427. The maximum Gasteiger partial charge on any atom is 0.407 e. The molecule has 1 aliphatic heterocycles. The Balaban J connectivity index is 1.43. The van der Waals surface area contributed by atoms with E-state index >= 15 is 0 Å². The van der Waals surface area contributed by atoms with Crippen molar-refractivity contribution in [3.05, 3.63) is 83.3 Å². The van der Waals surface area contributed by atoms with Crippen LogP contribution >= 0.6 is 15.9 Å². The molecule has 13 heteroatoms. The number of aliphatic hydroxyl groups excluding tert-OH is 1. The van der Waals surface area contributed by atoms with Crippen molar-refractivity contribution in [1.82, 2.24) is 24.6 Å². The summed E-state index contributed by atoms with van der Waals surface area (Å²) < 4.78 is 27.2. The van der Waals surface area contributed by atoms with Crippen molar-refractivity contribution in [3.63, 3.8) is 0 Å². The summed E-state index contributed by atoms with van der Waals surface area (Å²) in [6.07, 6.45) is 1.27. The Bertz CT molecular complexity index is 2110. The van der Waals surface area contributed by atoms with Crippen LogP contribution in [0.4, 0.5) is 4.79 Å². The van der Waals surface area contributed by atoms with Gasteiger partial charge in [-0.2, -0.15) is 5.10 Å². The van der Waals surface area contributed by atoms with Crippen LogP contribution in [0.2, 0.25) is 0 Å². The molecule has 1 amide bonds. The predicted molar refractivity (Wildman–Crippen MR) is 222 cm³/mol. The summed E-state index contributed by atoms with van der Waals surface area (Å²) in [6, 6.07) is 20.4. The fourth-order valence-corrected chi connectivity index (χ4v) is 7.85. The third-order valence-corrected chi connectivity index (χ3v) is 10.3. The lowest BCUT2D eigenvalue weighted by molar-refractivity contribution is 0.0329. The standard InChI is InChI=1S/C43H54BrN5O7/c1-5-54-41(51)40-33(17-10-25-55-37-18-8-13-30-12-6-7-14-31(30)37)32-15-9-16-34(39(32)48(40)20-11-19-45-42(52)56-43(2,3)4)38-35(28-44)46-49(21-24-50)36(38)29-47-22-26-53-27-23-47/h6-9,12-16,18,50H,5,10-11,17,19-29H2,1-4H3,(H,45,52). The summed E-state index contributed by atoms with van der Waals surface area (Å²) in [6.45, 7) is 12.6. The van der Waals surface area contributed by atoms with Crippen LogP contribution in [0.15, 0.2) is 60.7 Å². The number of aliphatic hydroxyl groups is 1. The highest BCUT2D eigenvalue weighted by atomic mass is 79.9. The van der Waals surface area contributed by atoms with Crippen LogP contribution in [-0.4, -0.2) is 94.7 Å². The highest BCUT2D eigenvalue weighted by molar-refractivity contribution is 9.08. The van der Waals surface area contributed by atoms with Gasteiger partial charge in [0.15, 0.2) is 0 Å². The number of carbonyl (C=O) groups is 2. The van der Waals surface area contributed by atoms with Crippen molar-refractivity contribution in [3.8, 4) is 16.9 Å². The molecular formula is C43H54BrN5O7. The van der Waals surface area contributed by atoms with Gasteiger partial charge in [0, 0.05) is 60.0 Å². The molecule has 3 heterocycles. The Morgan fingerprint density at radius 3 is 2.48 bits per heavy atom. The molecule has 0 radical (unpaired) electrons. The number of amides is 1. The van der Waals surface area contributed by atoms with Crippen LogP contribution in [0.5, 0.6) is 5.75 Å². The molecule has 0 saturated carbocycles. The number of benzene rings is 3. The Morgan fingerprint density at radius 2 is 1.73 bits per heavy atom. The summed E-state index contributed by atoms with van der Waals surface area (Å²) in [5, 5.41) is 21.6. The van der Waals surface area contributed by atoms with E-state index in [4.69, 9.17) is 24.0 Å². The fraction of sp³-hybridized carbons (Fsp3) is 0.465. The number of morpholine rings is 1. The molecule has 1 saturated heterocycles. The largest absolute Gasteiger partial charge is 0.493 e. The molecule has 3 aromatic carbocycles. The first-order chi connectivity index (χ1) is 27.1. The maximum atomic E-state index is 14.1. The summed E-state index contributed by atoms with van der Waals surface area (Å²) >= 11 is 3.72. The van der Waals surface area contributed by atoms with Gasteiger partial charge >= 0.3 is 12.1 Å². The Hall–Kier alpha value is -4.43. The van der Waals surface area contributed by atoms with Gasteiger partial charge < -0.3 is 33.9 Å². The van der Waals surface area contributed by atoms with Gasteiger partial charge in [-0.1, -0.05) is 70.5 Å². The minimum Gasteiger partial charge on any atom is -0.493 e. The number of fused-ring (bicyclic) bond motifs is 2. The molecule has 5 aromatic rings. The number of hydrogen-bond acceptors (Lipinski definition) is 9. The van der Waals surface area contributed by atoms with Gasteiger partial charge in [-0.05, 0) is 64.0 Å². The summed E-state index contributed by atoms with van der Waals surface area (Å²) in [5.41, 5.74) is 5.40. The first-order valence-electron chi connectivity index (χ1n) is 19.6. The average molecular weight is 833 g/mol. The van der Waals surface area contributed by atoms with E-state index in [1.54, 1.807) is 0 Å². The van der Waals surface area contributed by atoms with E-state index < -0.39 is 17.7 Å². The number of ether oxygens (including phenoxy) is 4. The lowest BCUT2D eigenvalue weighted by Gasteiger charge is -2.27. The van der Waals surface area contributed by atoms with Crippen LogP contribution < -0.4 is 10.1 Å². The zero-order chi connectivity index (χ0) is 39.7. The first kappa shape index (κ1) is 41.2. The van der Waals surface area contributed by atoms with E-state index in [9.17, 15) is 14.7 Å². The second-order valence-electron chi connectivity index (χ2n) is 14.8. The van der Waals surface area contributed by atoms with Gasteiger partial charge in [0.1, 0.15) is 17.0 Å². The molecule has 0 bridgehead atoms. The van der Waals surface area contributed by atoms with Crippen LogP contribution in [0.3, 0.4) is 0 Å². The van der Waals surface area contributed by atoms with E-state index in [0.29, 0.717) is 76.3 Å². The molecule has 300 valence electrons. The number of aryl methyl sites for hydroxylation is 2. The van der Waals surface area contributed by atoms with Crippen molar-refractivity contribution >= 4 is 49.7 Å². The smallest absolute Gasteiger partial charge is 0.407 e. The van der Waals surface area contributed by atoms with Gasteiger partial charge in [-0.25, -0.2) is 9.59 Å². The van der Waals surface area contributed by atoms with Gasteiger partial charge in [0.2, 0.25) is 0 Å². The first-order valence-corrected chi connectivity index (χ1v) is 20.7. The average Bonchev–Trinajstić information content (AvgIpc) is 3.69. The van der Waals surface area contributed by atoms with Gasteiger partial charge in [0.05, 0.1) is 56.5 Å². The summed E-state index contributed by atoms with van der Waals surface area (Å²) in [4.78, 5) is 29.0. The number of esters is 1. The number of alkyl carbamates (subject to hydrolysis) is 1. The number of halogens is 1. The maximum absolute atomic E-state index is 14.1. The van der Waals surface area contributed by atoms with Crippen molar-refractivity contribution in [1.29, 1.82) is 0 Å². The molecule has 56 heavy (non-hydrogen) atoms. The zero-order valence-corrected chi connectivity index (χ0v) is 34.5. The lowest BCUT2D eigenvalue weighted by Crippen LogP contribution is -2.36. The molecule has 2 N–H and O–H groups in total. The Labute approximate surface area is 337 Å². The molecule has 2 aromatic heterocycles. The third-order valence-electron chi connectivity index (χ3n) is 9.78. The van der Waals surface area contributed by atoms with Gasteiger partial charge in [-0.15, -0.1) is 0 Å². The number of rotatable bonds is 17. The zero-order valence-electron chi connectivity index (χ0n) is 32.9. The number of carbonyl (C=O) groups excluding carboxylic acids is 2. The Morgan fingerprint density at radius 1 is 0.982 bits per heavy atom. The number of nitrogens with one attached hydrogen (secondary N) is 1. The normalized spacial score (nSPS) is 13.7. The molecule has 1 fully saturated rings. The number of para-hydroxylation sites is 1. The molecule has 0 unspecified atom stereocenters. The highest BCUT2D eigenvalue weighted by Gasteiger charge is 2.29. The van der Waals surface area contributed by atoms with Crippen molar-refractivity contribution in [2.45, 2.75) is 77.5 Å². The van der Waals surface area contributed by atoms with E-state index in [1.807, 2.05) is 62.7 Å². The third kappa shape index (κ3) is 9.74. The van der Waals surface area contributed by atoms with Gasteiger partial charge in [-0.3, -0.25) is 9.58 Å². The molecule has 0 spiro atoms. The summed E-state index contributed by atoms with van der Waals surface area (Å²) in [7, 11) is 0. The number of aromatic nitrogens is 3. The van der Waals surface area contributed by atoms with Crippen LogP contribution in [0.25, 0.3) is 32.8 Å². The quantitative estimate of drug-likeness (QED) is 0.0557. The molecule has 6 rings (SSSR count). The fourth-order valence-electron chi connectivity index (χ4n) is 7.45. The van der Waals surface area contributed by atoms with E-state index in [1.165, 1.54) is 0 Å². The topological polar surface area (TPSA) is 129 Å². The minimum atomic E-state index is -0.620. The van der Waals surface area contributed by atoms with Crippen molar-refractivity contribution in [2.24, 2.45) is 0 Å². The van der Waals surface area contributed by atoms with Gasteiger partial charge in [0.25, 0.3) is 0 Å². The monoisotopic (exact) mass is 831 g/mol. The van der Waals surface area contributed by atoms with E-state index in [0.717, 1.165) is 68.6 Å². The second kappa shape index (κ2) is 19.1. The molecule has 0 atom stereocenters. The molecular weight excluding hydrogens is 778 g/mol. The van der Waals surface area contributed by atoms with E-state index in [2.05, 4.69) is 61.0 Å². The predicted octanol–water partition coefficient (Wildman–Crippen LogP) is 7.48. The van der Waals surface area contributed by atoms with Crippen LogP contribution in [0.1, 0.15) is 68.0 Å². The number of alkyl halides is 1. The molecule has 0 aliphatic carbocycles. The van der Waals surface area contributed by atoms with Crippen molar-refractivity contribution < 1.29 is 33.6 Å². The second-order valence-corrected chi connectivity index (χ2v) is 15.4. The van der Waals surface area contributed by atoms with Crippen LogP contribution in [-0.2, 0) is 45.6 Å². The van der Waals surface area contributed by atoms with Crippen LogP contribution in [0, 0.1) is 0 Å². The molecule has 12 nitrogen and oxygen atoms in total. The minimum absolute atomic E-state index is 0.0534. The number of nitrogens with zero attached hydrogens (tertiary/aromatic N) is 4. The Kier molecular flexibility index (Phi) is 14.1. The number of hydrogen-bond donors (Lipinski definition) is 2. The van der Waals surface area contributed by atoms with Crippen molar-refractivity contribution in [2.75, 3.05) is 52.7 Å². The SMILES string of the molecule is CCOC(=O)c1c(CCCOc2cccc3ccccc23)c2cccc(-c3c(CBr)nn(CCO)c3CN3CCOCC3)c2n1CCCNC(=O)OC(C)(C)C. The lowest BCUT2D eigenvalue weighted by atomic mass is 9.98.